The molecule has 1 fully saturated rings. The minimum atomic E-state index is -3.67. The molecule has 0 aromatic heterocycles. The van der Waals surface area contributed by atoms with Gasteiger partial charge in [0.2, 0.25) is 21.3 Å². The number of aliphatic carboxylic acids is 1. The second-order valence-electron chi connectivity index (χ2n) is 8.87. The summed E-state index contributed by atoms with van der Waals surface area (Å²) in [6.45, 7) is 6.51. The zero-order valence-electron chi connectivity index (χ0n) is 20.2. The lowest BCUT2D eigenvalue weighted by molar-refractivity contribution is -0.439. The van der Waals surface area contributed by atoms with Crippen LogP contribution in [-0.4, -0.2) is 72.8 Å². The monoisotopic (exact) mass is 500 g/mol. The Bertz CT molecular complexity index is 1290. The number of para-hydroxylation sites is 1. The van der Waals surface area contributed by atoms with Crippen molar-refractivity contribution in [3.05, 3.63) is 54.1 Å². The summed E-state index contributed by atoms with van der Waals surface area (Å²) in [7, 11) is -2.33. The molecule has 0 spiro atoms. The van der Waals surface area contributed by atoms with Gasteiger partial charge in [0.25, 0.3) is 0 Å². The summed E-state index contributed by atoms with van der Waals surface area (Å²) in [5.41, 5.74) is 0.0687. The molecule has 2 aromatic carbocycles. The summed E-state index contributed by atoms with van der Waals surface area (Å²) in [5, 5.41) is 14.4. The molecular weight excluding hydrogens is 470 g/mol. The fourth-order valence-electron chi connectivity index (χ4n) is 4.38. The zero-order chi connectivity index (χ0) is 25.4. The van der Waals surface area contributed by atoms with Gasteiger partial charge in [0, 0.05) is 31.4 Å². The second-order valence-corrected chi connectivity index (χ2v) is 10.8. The van der Waals surface area contributed by atoms with E-state index in [1.54, 1.807) is 28.9 Å². The number of rotatable bonds is 8. The summed E-state index contributed by atoms with van der Waals surface area (Å²) in [6.07, 6.45) is 1.88. The summed E-state index contributed by atoms with van der Waals surface area (Å²) in [4.78, 5) is 12.2. The van der Waals surface area contributed by atoms with Gasteiger partial charge in [-0.1, -0.05) is 23.7 Å². The largest absolute Gasteiger partial charge is 0.494 e. The van der Waals surface area contributed by atoms with Crippen molar-refractivity contribution in [2.75, 3.05) is 26.8 Å². The van der Waals surface area contributed by atoms with E-state index in [9.17, 15) is 18.3 Å². The quantitative estimate of drug-likeness (QED) is 0.559. The van der Waals surface area contributed by atoms with Crippen LogP contribution in [0.1, 0.15) is 26.3 Å². The summed E-state index contributed by atoms with van der Waals surface area (Å²) in [6, 6.07) is 13.8. The molecule has 0 bridgehead atoms. The van der Waals surface area contributed by atoms with Gasteiger partial charge in [-0.2, -0.15) is 4.31 Å². The molecule has 2 aliphatic heterocycles. The first-order valence-corrected chi connectivity index (χ1v) is 12.9. The van der Waals surface area contributed by atoms with Crippen LogP contribution in [0.5, 0.6) is 5.75 Å². The minimum Gasteiger partial charge on any atom is -0.494 e. The van der Waals surface area contributed by atoms with Crippen molar-refractivity contribution < 1.29 is 32.5 Å². The standard InChI is InChI=1S/C25H29N3O6S/c1-5-34-19-10-12-20(13-11-19)35(31,32)27-14-17(2)18(15-27)16-28-22-9-7-6-8-21(22)23(26-28)25(3,33-4)24(29)30/h6-13,16-18H,5,14-15H2,1-4H3/p+1/b28-16+/t17-,18?,25?/m1/s1. The molecule has 35 heavy (non-hydrogen) atoms. The minimum absolute atomic E-state index is 0.0344. The maximum Gasteiger partial charge on any atom is 0.342 e. The third kappa shape index (κ3) is 4.49. The van der Waals surface area contributed by atoms with Crippen LogP contribution in [0.3, 0.4) is 0 Å². The van der Waals surface area contributed by atoms with Gasteiger partial charge in [0.1, 0.15) is 5.75 Å². The third-order valence-electron chi connectivity index (χ3n) is 6.62. The Kier molecular flexibility index (Phi) is 6.81. The van der Waals surface area contributed by atoms with E-state index in [4.69, 9.17) is 9.47 Å². The van der Waals surface area contributed by atoms with Gasteiger partial charge in [-0.25, -0.2) is 13.2 Å². The smallest absolute Gasteiger partial charge is 0.342 e. The van der Waals surface area contributed by atoms with Crippen LogP contribution in [0.2, 0.25) is 0 Å². The average Bonchev–Trinajstić information content (AvgIpc) is 3.40. The van der Waals surface area contributed by atoms with Gasteiger partial charge in [0.15, 0.2) is 11.9 Å². The van der Waals surface area contributed by atoms with Crippen LogP contribution in [0, 0.1) is 11.8 Å². The number of hydrazone groups is 1. The van der Waals surface area contributed by atoms with E-state index in [0.717, 1.165) is 5.69 Å². The highest BCUT2D eigenvalue weighted by Gasteiger charge is 2.48. The Morgan fingerprint density at radius 3 is 2.54 bits per heavy atom. The Morgan fingerprint density at radius 1 is 1.23 bits per heavy atom. The molecule has 0 amide bonds. The van der Waals surface area contributed by atoms with Gasteiger partial charge in [-0.15, -0.1) is 0 Å². The highest BCUT2D eigenvalue weighted by Crippen LogP contribution is 2.34. The molecule has 2 unspecified atom stereocenters. The molecule has 0 radical (unpaired) electrons. The van der Waals surface area contributed by atoms with E-state index >= 15 is 0 Å². The Labute approximate surface area is 205 Å². The molecular formula is C25H30N3O6S+. The number of carboxylic acid groups (broad SMARTS) is 1. The van der Waals surface area contributed by atoms with E-state index in [1.165, 1.54) is 18.3 Å². The van der Waals surface area contributed by atoms with Crippen LogP contribution in [0.4, 0.5) is 5.69 Å². The highest BCUT2D eigenvalue weighted by molar-refractivity contribution is 7.89. The Hall–Kier alpha value is -3.08. The number of sulfonamides is 1. The molecule has 4 rings (SSSR count). The van der Waals surface area contributed by atoms with E-state index in [-0.39, 0.29) is 16.7 Å². The van der Waals surface area contributed by atoms with Gasteiger partial charge in [-0.05, 0) is 50.1 Å². The molecule has 1 N–H and O–H groups in total. The highest BCUT2D eigenvalue weighted by atomic mass is 32.2. The van der Waals surface area contributed by atoms with E-state index in [2.05, 4.69) is 5.10 Å². The van der Waals surface area contributed by atoms with E-state index in [0.29, 0.717) is 36.7 Å². The van der Waals surface area contributed by atoms with Crippen LogP contribution in [-0.2, 0) is 19.6 Å². The molecule has 10 heteroatoms. The van der Waals surface area contributed by atoms with Crippen LogP contribution in [0.15, 0.2) is 58.5 Å². The maximum absolute atomic E-state index is 13.3. The third-order valence-corrected chi connectivity index (χ3v) is 8.47. The summed E-state index contributed by atoms with van der Waals surface area (Å²) >= 11 is 0. The van der Waals surface area contributed by atoms with Crippen molar-refractivity contribution in [3.63, 3.8) is 0 Å². The molecule has 1 saturated heterocycles. The summed E-state index contributed by atoms with van der Waals surface area (Å²) in [5.74, 6) is -0.607. The lowest BCUT2D eigenvalue weighted by Crippen LogP contribution is -2.45. The molecule has 2 heterocycles. The number of methoxy groups -OCH3 is 1. The number of fused-ring (bicyclic) bond motifs is 1. The Balaban J connectivity index is 1.63. The molecule has 9 nitrogen and oxygen atoms in total. The van der Waals surface area contributed by atoms with Crippen molar-refractivity contribution >= 4 is 33.6 Å². The molecule has 3 atom stereocenters. The number of carboxylic acids is 1. The van der Waals surface area contributed by atoms with Gasteiger partial charge < -0.3 is 14.6 Å². The van der Waals surface area contributed by atoms with Crippen molar-refractivity contribution in [1.29, 1.82) is 0 Å². The number of carbonyl (C=O) groups is 1. The van der Waals surface area contributed by atoms with Crippen LogP contribution in [0.25, 0.3) is 0 Å². The number of hydrogen-bond acceptors (Lipinski definition) is 6. The normalized spacial score (nSPS) is 23.1. The predicted octanol–water partition coefficient (Wildman–Crippen LogP) is 2.96. The topological polar surface area (TPSA) is 109 Å². The van der Waals surface area contributed by atoms with Crippen molar-refractivity contribution in [1.82, 2.24) is 4.31 Å². The molecule has 186 valence electrons. The number of ether oxygens (including phenoxy) is 2. The van der Waals surface area contributed by atoms with Crippen molar-refractivity contribution in [3.8, 4) is 5.75 Å². The Morgan fingerprint density at radius 2 is 1.91 bits per heavy atom. The first-order valence-electron chi connectivity index (χ1n) is 11.5. The van der Waals surface area contributed by atoms with Crippen molar-refractivity contribution in [2.45, 2.75) is 31.3 Å². The SMILES string of the molecule is CCOc1ccc(S(=O)(=O)N2CC(/C=[N+]3/N=C(C(C)(OC)C(=O)O)c4ccccc43)[C@H](C)C2)cc1. The second kappa shape index (κ2) is 9.52. The zero-order valence-corrected chi connectivity index (χ0v) is 21.0. The fourth-order valence-corrected chi connectivity index (χ4v) is 5.96. The predicted molar refractivity (Wildman–Crippen MR) is 131 cm³/mol. The molecule has 2 aliphatic rings. The number of benzene rings is 2. The molecule has 2 aromatic rings. The first kappa shape index (κ1) is 25.0. The first-order chi connectivity index (χ1) is 16.6. The van der Waals surface area contributed by atoms with Crippen LogP contribution >= 0.6 is 0 Å². The average molecular weight is 501 g/mol. The summed E-state index contributed by atoms with van der Waals surface area (Å²) < 4.78 is 40.4. The van der Waals surface area contributed by atoms with E-state index < -0.39 is 21.6 Å². The van der Waals surface area contributed by atoms with E-state index in [1.807, 2.05) is 44.3 Å². The molecule has 0 saturated carbocycles. The van der Waals surface area contributed by atoms with Crippen LogP contribution < -0.4 is 4.74 Å². The van der Waals surface area contributed by atoms with Gasteiger partial charge >= 0.3 is 5.97 Å². The van der Waals surface area contributed by atoms with Gasteiger partial charge in [-0.3, -0.25) is 0 Å². The maximum atomic E-state index is 13.3. The lowest BCUT2D eigenvalue weighted by atomic mass is 9.93. The van der Waals surface area contributed by atoms with Crippen molar-refractivity contribution in [2.24, 2.45) is 16.9 Å². The fraction of sp³-hybridized carbons (Fsp3) is 0.400. The number of nitrogens with zero attached hydrogens (tertiary/aromatic N) is 3. The number of hydrogen-bond donors (Lipinski definition) is 1. The molecule has 0 aliphatic carbocycles. The van der Waals surface area contributed by atoms with Gasteiger partial charge in [0.05, 0.1) is 23.0 Å². The lowest BCUT2D eigenvalue weighted by Gasteiger charge is -2.21.